The summed E-state index contributed by atoms with van der Waals surface area (Å²) in [5.74, 6) is -1.30. The molecule has 0 atom stereocenters. The smallest absolute Gasteiger partial charge is 0.306 e. The minimum absolute atomic E-state index is 0.164. The Morgan fingerprint density at radius 1 is 1.47 bits per heavy atom. The van der Waals surface area contributed by atoms with Gasteiger partial charge in [-0.1, -0.05) is 0 Å². The van der Waals surface area contributed by atoms with E-state index in [-0.39, 0.29) is 19.6 Å². The Hall–Kier alpha value is -1.38. The van der Waals surface area contributed by atoms with Crippen LogP contribution < -0.4 is 4.72 Å². The van der Waals surface area contributed by atoms with Gasteiger partial charge in [0.1, 0.15) is 0 Å². The standard InChI is InChI=1S/C11H16N2O5S/c14-11(15)10-1-4-13(5-2-10)19(16,17)12-7-9-3-6-18-8-9/h3,6,8,10,12H,1-2,4-5,7H2,(H,14,15). The van der Waals surface area contributed by atoms with Gasteiger partial charge in [-0.25, -0.2) is 0 Å². The van der Waals surface area contributed by atoms with Gasteiger partial charge in [0.2, 0.25) is 0 Å². The van der Waals surface area contributed by atoms with Crippen molar-refractivity contribution in [3.05, 3.63) is 24.2 Å². The Labute approximate surface area is 111 Å². The monoisotopic (exact) mass is 288 g/mol. The van der Waals surface area contributed by atoms with Gasteiger partial charge in [-0.2, -0.15) is 17.4 Å². The summed E-state index contributed by atoms with van der Waals surface area (Å²) < 4.78 is 32.6. The first-order valence-electron chi connectivity index (χ1n) is 5.97. The van der Waals surface area contributed by atoms with Crippen LogP contribution in [-0.4, -0.2) is 36.9 Å². The third-order valence-corrected chi connectivity index (χ3v) is 4.74. The molecule has 0 spiro atoms. The summed E-state index contributed by atoms with van der Waals surface area (Å²) in [4.78, 5) is 10.8. The zero-order valence-corrected chi connectivity index (χ0v) is 11.1. The number of nitrogens with one attached hydrogen (secondary N) is 1. The van der Waals surface area contributed by atoms with Gasteiger partial charge in [0.05, 0.1) is 18.4 Å². The van der Waals surface area contributed by atoms with Gasteiger partial charge < -0.3 is 9.52 Å². The second kappa shape index (κ2) is 5.72. The zero-order valence-electron chi connectivity index (χ0n) is 10.3. The predicted molar refractivity (Wildman–Crippen MR) is 66.4 cm³/mol. The van der Waals surface area contributed by atoms with Crippen LogP contribution in [0, 0.1) is 5.92 Å². The summed E-state index contributed by atoms with van der Waals surface area (Å²) in [7, 11) is -3.56. The minimum atomic E-state index is -3.56. The second-order valence-electron chi connectivity index (χ2n) is 4.47. The van der Waals surface area contributed by atoms with Crippen LogP contribution >= 0.6 is 0 Å². The highest BCUT2D eigenvalue weighted by Gasteiger charge is 2.30. The van der Waals surface area contributed by atoms with E-state index >= 15 is 0 Å². The molecule has 0 unspecified atom stereocenters. The number of carboxylic acid groups (broad SMARTS) is 1. The van der Waals surface area contributed by atoms with E-state index in [9.17, 15) is 13.2 Å². The molecule has 7 nitrogen and oxygen atoms in total. The Morgan fingerprint density at radius 2 is 2.16 bits per heavy atom. The van der Waals surface area contributed by atoms with Crippen LogP contribution in [0.5, 0.6) is 0 Å². The molecule has 2 heterocycles. The summed E-state index contributed by atoms with van der Waals surface area (Å²) in [6.07, 6.45) is 3.64. The van der Waals surface area contributed by atoms with Gasteiger partial charge in [0, 0.05) is 25.2 Å². The number of hydrogen-bond donors (Lipinski definition) is 2. The fourth-order valence-electron chi connectivity index (χ4n) is 2.00. The van der Waals surface area contributed by atoms with E-state index in [1.165, 1.54) is 16.8 Å². The molecule has 19 heavy (non-hydrogen) atoms. The second-order valence-corrected chi connectivity index (χ2v) is 6.22. The van der Waals surface area contributed by atoms with E-state index < -0.39 is 22.1 Å². The summed E-state index contributed by atoms with van der Waals surface area (Å²) in [5, 5.41) is 8.86. The van der Waals surface area contributed by atoms with Crippen molar-refractivity contribution in [3.63, 3.8) is 0 Å². The molecule has 0 radical (unpaired) electrons. The van der Waals surface area contributed by atoms with Gasteiger partial charge >= 0.3 is 5.97 Å². The van der Waals surface area contributed by atoms with E-state index in [0.717, 1.165) is 5.56 Å². The maximum Gasteiger partial charge on any atom is 0.306 e. The molecule has 1 aromatic rings. The Kier molecular flexibility index (Phi) is 4.23. The topological polar surface area (TPSA) is 99.9 Å². The molecule has 0 aliphatic carbocycles. The maximum atomic E-state index is 12.0. The highest BCUT2D eigenvalue weighted by atomic mass is 32.2. The lowest BCUT2D eigenvalue weighted by atomic mass is 9.99. The lowest BCUT2D eigenvalue weighted by molar-refractivity contribution is -0.142. The molecule has 0 bridgehead atoms. The van der Waals surface area contributed by atoms with E-state index in [2.05, 4.69) is 4.72 Å². The first-order valence-corrected chi connectivity index (χ1v) is 7.41. The third kappa shape index (κ3) is 3.55. The molecule has 1 aromatic heterocycles. The minimum Gasteiger partial charge on any atom is -0.481 e. The van der Waals surface area contributed by atoms with Crippen LogP contribution in [0.4, 0.5) is 0 Å². The lowest BCUT2D eigenvalue weighted by Gasteiger charge is -2.29. The van der Waals surface area contributed by atoms with Crippen LogP contribution in [-0.2, 0) is 21.5 Å². The van der Waals surface area contributed by atoms with Gasteiger partial charge in [0.25, 0.3) is 10.2 Å². The van der Waals surface area contributed by atoms with E-state index in [4.69, 9.17) is 9.52 Å². The van der Waals surface area contributed by atoms with Crippen molar-refractivity contribution in [2.24, 2.45) is 5.92 Å². The maximum absolute atomic E-state index is 12.0. The summed E-state index contributed by atoms with van der Waals surface area (Å²) >= 11 is 0. The van der Waals surface area contributed by atoms with Crippen molar-refractivity contribution in [1.82, 2.24) is 9.03 Å². The van der Waals surface area contributed by atoms with Crippen LogP contribution in [0.2, 0.25) is 0 Å². The van der Waals surface area contributed by atoms with Gasteiger partial charge in [0.15, 0.2) is 0 Å². The Bertz CT molecular complexity index is 517. The highest BCUT2D eigenvalue weighted by molar-refractivity contribution is 7.87. The van der Waals surface area contributed by atoms with E-state index in [0.29, 0.717) is 12.8 Å². The van der Waals surface area contributed by atoms with Crippen molar-refractivity contribution < 1.29 is 22.7 Å². The Morgan fingerprint density at radius 3 is 2.68 bits per heavy atom. The highest BCUT2D eigenvalue weighted by Crippen LogP contribution is 2.19. The first-order chi connectivity index (χ1) is 8.99. The van der Waals surface area contributed by atoms with E-state index in [1.54, 1.807) is 6.07 Å². The third-order valence-electron chi connectivity index (χ3n) is 3.18. The molecule has 8 heteroatoms. The molecule has 1 fully saturated rings. The average Bonchev–Trinajstić information content (AvgIpc) is 2.90. The molecule has 106 valence electrons. The fraction of sp³-hybridized carbons (Fsp3) is 0.545. The van der Waals surface area contributed by atoms with Crippen molar-refractivity contribution in [2.75, 3.05) is 13.1 Å². The predicted octanol–water partition coefficient (Wildman–Crippen LogP) is 0.411. The number of furan rings is 1. The molecule has 0 aromatic carbocycles. The quantitative estimate of drug-likeness (QED) is 0.817. The number of carbonyl (C=O) groups is 1. The number of carboxylic acids is 1. The normalized spacial score (nSPS) is 18.5. The summed E-state index contributed by atoms with van der Waals surface area (Å²) in [6.45, 7) is 0.632. The number of rotatable bonds is 5. The number of nitrogens with zero attached hydrogens (tertiary/aromatic N) is 1. The fourth-order valence-corrected chi connectivity index (χ4v) is 3.23. The number of aliphatic carboxylic acids is 1. The van der Waals surface area contributed by atoms with E-state index in [1.807, 2.05) is 0 Å². The van der Waals surface area contributed by atoms with Crippen LogP contribution in [0.3, 0.4) is 0 Å². The Balaban J connectivity index is 1.88. The number of piperidine rings is 1. The average molecular weight is 288 g/mol. The zero-order chi connectivity index (χ0) is 13.9. The molecule has 0 saturated carbocycles. The van der Waals surface area contributed by atoms with Crippen molar-refractivity contribution in [2.45, 2.75) is 19.4 Å². The molecule has 1 saturated heterocycles. The molecule has 0 amide bonds. The molecule has 1 aliphatic rings. The van der Waals surface area contributed by atoms with Gasteiger partial charge in [-0.3, -0.25) is 4.79 Å². The SMILES string of the molecule is O=C(O)C1CCN(S(=O)(=O)NCc2ccoc2)CC1. The van der Waals surface area contributed by atoms with Crippen molar-refractivity contribution in [3.8, 4) is 0 Å². The molecule has 2 rings (SSSR count). The van der Waals surface area contributed by atoms with Crippen LogP contribution in [0.1, 0.15) is 18.4 Å². The van der Waals surface area contributed by atoms with Gasteiger partial charge in [-0.15, -0.1) is 0 Å². The molecule has 1 aliphatic heterocycles. The number of hydrogen-bond acceptors (Lipinski definition) is 4. The van der Waals surface area contributed by atoms with Crippen LogP contribution in [0.25, 0.3) is 0 Å². The lowest BCUT2D eigenvalue weighted by Crippen LogP contribution is -2.45. The van der Waals surface area contributed by atoms with Crippen LogP contribution in [0.15, 0.2) is 23.0 Å². The molecular formula is C11H16N2O5S. The van der Waals surface area contributed by atoms with Crippen molar-refractivity contribution >= 4 is 16.2 Å². The van der Waals surface area contributed by atoms with Gasteiger partial charge in [-0.05, 0) is 18.9 Å². The summed E-state index contributed by atoms with van der Waals surface area (Å²) in [5.41, 5.74) is 0.740. The first kappa shape index (κ1) is 14.0. The molecular weight excluding hydrogens is 272 g/mol. The largest absolute Gasteiger partial charge is 0.481 e. The summed E-state index contributed by atoms with van der Waals surface area (Å²) in [6, 6.07) is 1.68. The molecule has 2 N–H and O–H groups in total. The van der Waals surface area contributed by atoms with Crippen molar-refractivity contribution in [1.29, 1.82) is 0 Å².